The van der Waals surface area contributed by atoms with Gasteiger partial charge in [-0.1, -0.05) is 6.42 Å². The highest BCUT2D eigenvalue weighted by Crippen LogP contribution is 2.22. The first kappa shape index (κ1) is 12.7. The summed E-state index contributed by atoms with van der Waals surface area (Å²) in [5.41, 5.74) is 0. The first-order valence-corrected chi connectivity index (χ1v) is 6.36. The molecule has 2 heteroatoms. The lowest BCUT2D eigenvalue weighted by molar-refractivity contribution is -0.117. The monoisotopic (exact) mass is 211 g/mol. The van der Waals surface area contributed by atoms with E-state index in [-0.39, 0.29) is 0 Å². The van der Waals surface area contributed by atoms with Crippen LogP contribution in [0.5, 0.6) is 0 Å². The van der Waals surface area contributed by atoms with Crippen LogP contribution in [0.3, 0.4) is 0 Å². The fraction of sp³-hybridized carbons (Fsp3) is 0.923. The molecule has 1 fully saturated rings. The second-order valence-electron chi connectivity index (χ2n) is 5.03. The molecule has 0 bridgehead atoms. The van der Waals surface area contributed by atoms with Gasteiger partial charge in [0, 0.05) is 18.5 Å². The Morgan fingerprint density at radius 2 is 1.80 bits per heavy atom. The third-order valence-corrected chi connectivity index (χ3v) is 3.57. The van der Waals surface area contributed by atoms with Crippen molar-refractivity contribution in [2.45, 2.75) is 71.4 Å². The Labute approximate surface area is 94.0 Å². The molecule has 0 aromatic heterocycles. The van der Waals surface area contributed by atoms with Crippen LogP contribution in [0.4, 0.5) is 0 Å². The van der Waals surface area contributed by atoms with Gasteiger partial charge in [0.1, 0.15) is 5.78 Å². The van der Waals surface area contributed by atoms with Crippen LogP contribution >= 0.6 is 0 Å². The van der Waals surface area contributed by atoms with Crippen molar-refractivity contribution in [2.24, 2.45) is 0 Å². The van der Waals surface area contributed by atoms with E-state index < -0.39 is 0 Å². The number of Topliss-reactive ketones (excluding diaryl/α,β-unsaturated/α-hetero) is 1. The average Bonchev–Trinajstić information content (AvgIpc) is 2.15. The number of unbranched alkanes of at least 4 members (excludes halogenated alkanes) is 1. The third-order valence-electron chi connectivity index (χ3n) is 3.57. The number of ketones is 1. The highest BCUT2D eigenvalue weighted by molar-refractivity contribution is 5.75. The van der Waals surface area contributed by atoms with E-state index in [4.69, 9.17) is 0 Å². The fourth-order valence-electron chi connectivity index (χ4n) is 2.58. The molecule has 2 atom stereocenters. The van der Waals surface area contributed by atoms with Crippen LogP contribution in [0.1, 0.15) is 59.3 Å². The van der Waals surface area contributed by atoms with E-state index in [1.807, 2.05) is 0 Å². The molecule has 1 rings (SSSR count). The van der Waals surface area contributed by atoms with Crippen LogP contribution in [0.25, 0.3) is 0 Å². The van der Waals surface area contributed by atoms with Crippen molar-refractivity contribution in [3.05, 3.63) is 0 Å². The van der Waals surface area contributed by atoms with E-state index in [2.05, 4.69) is 18.7 Å². The van der Waals surface area contributed by atoms with Crippen molar-refractivity contribution in [3.8, 4) is 0 Å². The number of likely N-dealkylation sites (tertiary alicyclic amines) is 1. The van der Waals surface area contributed by atoms with E-state index in [1.165, 1.54) is 32.2 Å². The third kappa shape index (κ3) is 4.33. The maximum Gasteiger partial charge on any atom is 0.129 e. The van der Waals surface area contributed by atoms with Gasteiger partial charge < -0.3 is 4.79 Å². The molecule has 0 aromatic rings. The van der Waals surface area contributed by atoms with Crippen molar-refractivity contribution < 1.29 is 4.79 Å². The molecule has 88 valence electrons. The van der Waals surface area contributed by atoms with Gasteiger partial charge in [0.2, 0.25) is 0 Å². The van der Waals surface area contributed by atoms with Crippen molar-refractivity contribution in [1.29, 1.82) is 0 Å². The SMILES string of the molecule is CC(=O)CCCCN1[C@H](C)CCC[C@@H]1C. The van der Waals surface area contributed by atoms with Crippen LogP contribution < -0.4 is 0 Å². The molecule has 15 heavy (non-hydrogen) atoms. The normalized spacial score (nSPS) is 27.9. The Balaban J connectivity index is 2.20. The number of hydrogen-bond donors (Lipinski definition) is 0. The highest BCUT2D eigenvalue weighted by Gasteiger charge is 2.23. The molecule has 0 unspecified atom stereocenters. The zero-order valence-corrected chi connectivity index (χ0v) is 10.5. The van der Waals surface area contributed by atoms with Crippen molar-refractivity contribution in [3.63, 3.8) is 0 Å². The molecule has 1 saturated heterocycles. The molecule has 0 radical (unpaired) electrons. The molecule has 0 amide bonds. The smallest absolute Gasteiger partial charge is 0.129 e. The molecule has 0 saturated carbocycles. The van der Waals surface area contributed by atoms with Gasteiger partial charge in [-0.05, 0) is 53.0 Å². The summed E-state index contributed by atoms with van der Waals surface area (Å²) in [6.07, 6.45) is 7.07. The van der Waals surface area contributed by atoms with Crippen LogP contribution in [0, 0.1) is 0 Å². The minimum Gasteiger partial charge on any atom is -0.300 e. The maximum atomic E-state index is 10.8. The number of rotatable bonds is 5. The first-order chi connectivity index (χ1) is 7.11. The predicted molar refractivity (Wildman–Crippen MR) is 64.0 cm³/mol. The van der Waals surface area contributed by atoms with E-state index in [1.54, 1.807) is 6.92 Å². The largest absolute Gasteiger partial charge is 0.300 e. The summed E-state index contributed by atoms with van der Waals surface area (Å²) in [4.78, 5) is 13.4. The summed E-state index contributed by atoms with van der Waals surface area (Å²) in [6, 6.07) is 1.48. The second kappa shape index (κ2) is 6.26. The number of nitrogens with zero attached hydrogens (tertiary/aromatic N) is 1. The molecule has 2 nitrogen and oxygen atoms in total. The van der Waals surface area contributed by atoms with Crippen LogP contribution in [0.2, 0.25) is 0 Å². The minimum absolute atomic E-state index is 0.328. The zero-order chi connectivity index (χ0) is 11.3. The van der Waals surface area contributed by atoms with Gasteiger partial charge in [0.15, 0.2) is 0 Å². The summed E-state index contributed by atoms with van der Waals surface area (Å²) < 4.78 is 0. The van der Waals surface area contributed by atoms with E-state index in [0.29, 0.717) is 5.78 Å². The molecule has 1 heterocycles. The predicted octanol–water partition coefficient (Wildman–Crippen LogP) is 3.01. The fourth-order valence-corrected chi connectivity index (χ4v) is 2.58. The summed E-state index contributed by atoms with van der Waals surface area (Å²) in [5.74, 6) is 0.328. The average molecular weight is 211 g/mol. The number of carbonyl (C=O) groups excluding carboxylic acids is 1. The summed E-state index contributed by atoms with van der Waals surface area (Å²) in [7, 11) is 0. The highest BCUT2D eigenvalue weighted by atomic mass is 16.1. The van der Waals surface area contributed by atoms with Crippen molar-refractivity contribution >= 4 is 5.78 Å². The quantitative estimate of drug-likeness (QED) is 0.652. The standard InChI is InChI=1S/C13H25NO/c1-11-7-6-8-12(2)14(11)10-5-4-9-13(3)15/h11-12H,4-10H2,1-3H3/t11-,12+. The van der Waals surface area contributed by atoms with Gasteiger partial charge >= 0.3 is 0 Å². The lowest BCUT2D eigenvalue weighted by Gasteiger charge is -2.39. The number of carbonyl (C=O) groups is 1. The Morgan fingerprint density at radius 1 is 1.20 bits per heavy atom. The molecule has 1 aliphatic heterocycles. The molecule has 0 aliphatic carbocycles. The van der Waals surface area contributed by atoms with E-state index in [9.17, 15) is 4.79 Å². The molecule has 1 aliphatic rings. The van der Waals surface area contributed by atoms with Gasteiger partial charge in [-0.25, -0.2) is 0 Å². The lowest BCUT2D eigenvalue weighted by Crippen LogP contribution is -2.44. The minimum atomic E-state index is 0.328. The maximum absolute atomic E-state index is 10.8. The van der Waals surface area contributed by atoms with Gasteiger partial charge in [0.25, 0.3) is 0 Å². The Hall–Kier alpha value is -0.370. The van der Waals surface area contributed by atoms with E-state index >= 15 is 0 Å². The van der Waals surface area contributed by atoms with Crippen molar-refractivity contribution in [2.75, 3.05) is 6.54 Å². The van der Waals surface area contributed by atoms with Crippen LogP contribution in [0.15, 0.2) is 0 Å². The Kier molecular flexibility index (Phi) is 5.30. The first-order valence-electron chi connectivity index (χ1n) is 6.36. The molecular formula is C13H25NO. The van der Waals surface area contributed by atoms with Crippen LogP contribution in [-0.2, 0) is 4.79 Å². The van der Waals surface area contributed by atoms with Gasteiger partial charge in [-0.15, -0.1) is 0 Å². The van der Waals surface area contributed by atoms with E-state index in [0.717, 1.165) is 24.9 Å². The Bertz CT molecular complexity index is 193. The van der Waals surface area contributed by atoms with Crippen LogP contribution in [-0.4, -0.2) is 29.3 Å². The molecule has 0 N–H and O–H groups in total. The topological polar surface area (TPSA) is 20.3 Å². The lowest BCUT2D eigenvalue weighted by atomic mass is 9.97. The van der Waals surface area contributed by atoms with Crippen molar-refractivity contribution in [1.82, 2.24) is 4.90 Å². The van der Waals surface area contributed by atoms with Gasteiger partial charge in [-0.2, -0.15) is 0 Å². The summed E-state index contributed by atoms with van der Waals surface area (Å²) >= 11 is 0. The summed E-state index contributed by atoms with van der Waals surface area (Å²) in [5, 5.41) is 0. The second-order valence-corrected chi connectivity index (χ2v) is 5.03. The molecule has 0 aromatic carbocycles. The molecular weight excluding hydrogens is 186 g/mol. The number of piperidine rings is 1. The number of hydrogen-bond acceptors (Lipinski definition) is 2. The van der Waals surface area contributed by atoms with Gasteiger partial charge in [0.05, 0.1) is 0 Å². The Morgan fingerprint density at radius 3 is 2.33 bits per heavy atom. The zero-order valence-electron chi connectivity index (χ0n) is 10.5. The summed E-state index contributed by atoms with van der Waals surface area (Å²) in [6.45, 7) is 7.53. The van der Waals surface area contributed by atoms with Gasteiger partial charge in [-0.3, -0.25) is 4.90 Å². The molecule has 0 spiro atoms.